The molecule has 1 heterocycles. The maximum absolute atomic E-state index is 12.7. The van der Waals surface area contributed by atoms with Crippen LogP contribution in [0.25, 0.3) is 0 Å². The molecule has 1 aromatic carbocycles. The quantitative estimate of drug-likeness (QED) is 0.362. The summed E-state index contributed by atoms with van der Waals surface area (Å²) < 4.78 is 0. The maximum Gasteiger partial charge on any atom is 0.142 e. The molecule has 2 unspecified atom stereocenters. The molecule has 4 atom stereocenters. The van der Waals surface area contributed by atoms with Crippen LogP contribution >= 0.6 is 27.3 Å². The lowest BCUT2D eigenvalue weighted by Gasteiger charge is -2.27. The number of aliphatic hydroxyl groups excluding tert-OH is 1. The summed E-state index contributed by atoms with van der Waals surface area (Å²) in [5.74, 6) is 0.903. The van der Waals surface area contributed by atoms with Gasteiger partial charge in [0.15, 0.2) is 0 Å². The largest absolute Gasteiger partial charge is 0.392 e. The van der Waals surface area contributed by atoms with E-state index in [2.05, 4.69) is 64.6 Å². The molecule has 1 N–H and O–H groups in total. The molecule has 1 aromatic heterocycles. The molecule has 4 heteroatoms. The maximum atomic E-state index is 12.7. The molecular weight excluding hydrogens is 456 g/mol. The second kappa shape index (κ2) is 10.6. The van der Waals surface area contributed by atoms with Crippen LogP contribution in [-0.2, 0) is 16.6 Å². The molecule has 2 nitrogen and oxygen atoms in total. The summed E-state index contributed by atoms with van der Waals surface area (Å²) in [5.41, 5.74) is 1.82. The van der Waals surface area contributed by atoms with Crippen molar-refractivity contribution in [3.05, 3.63) is 57.8 Å². The van der Waals surface area contributed by atoms with E-state index in [0.29, 0.717) is 22.9 Å². The Labute approximate surface area is 194 Å². The van der Waals surface area contributed by atoms with Crippen molar-refractivity contribution in [1.29, 1.82) is 0 Å². The van der Waals surface area contributed by atoms with Gasteiger partial charge >= 0.3 is 0 Å². The molecular formula is C26H35BrO2S. The predicted octanol–water partition coefficient (Wildman–Crippen LogP) is 7.04. The Morgan fingerprint density at radius 1 is 1.20 bits per heavy atom. The minimum absolute atomic E-state index is 0.158. The normalized spacial score (nSPS) is 24.3. The monoisotopic (exact) mass is 490 g/mol. The Kier molecular flexibility index (Phi) is 8.34. The number of Topliss-reactive ketones (excluding diaryl/α,β-unsaturated/α-hetero) is 1. The highest BCUT2D eigenvalue weighted by Gasteiger charge is 2.41. The van der Waals surface area contributed by atoms with E-state index in [1.165, 1.54) is 10.4 Å². The number of thiophene rings is 1. The molecule has 0 spiro atoms. The first-order valence-electron chi connectivity index (χ1n) is 11.3. The zero-order valence-electron chi connectivity index (χ0n) is 18.4. The second-order valence-corrected chi connectivity index (χ2v) is 11.5. The van der Waals surface area contributed by atoms with Crippen LogP contribution in [0.3, 0.4) is 0 Å². The number of rotatable bonds is 10. The van der Waals surface area contributed by atoms with Crippen molar-refractivity contribution < 1.29 is 9.90 Å². The number of alkyl halides is 1. The minimum atomic E-state index is -0.458. The van der Waals surface area contributed by atoms with Crippen molar-refractivity contribution in [2.75, 3.05) is 0 Å². The van der Waals surface area contributed by atoms with Crippen LogP contribution < -0.4 is 0 Å². The van der Waals surface area contributed by atoms with E-state index in [1.807, 2.05) is 25.2 Å². The number of unbranched alkanes of at least 4 members (excludes halogenated alkanes) is 1. The average molecular weight is 492 g/mol. The number of benzene rings is 1. The summed E-state index contributed by atoms with van der Waals surface area (Å²) in [6.45, 7) is 6.19. The molecule has 0 aliphatic heterocycles. The molecule has 0 saturated heterocycles. The van der Waals surface area contributed by atoms with Gasteiger partial charge in [-0.3, -0.25) is 4.79 Å². The Bertz CT molecular complexity index is 797. The molecule has 2 aromatic rings. The Morgan fingerprint density at radius 2 is 1.93 bits per heavy atom. The number of hydrogen-bond acceptors (Lipinski definition) is 3. The highest BCUT2D eigenvalue weighted by Crippen LogP contribution is 2.46. The van der Waals surface area contributed by atoms with Crippen molar-refractivity contribution in [3.63, 3.8) is 0 Å². The number of carbonyl (C=O) groups excluding carboxylic acids is 1. The number of hydrogen-bond donors (Lipinski definition) is 1. The molecule has 1 saturated carbocycles. The Hall–Kier alpha value is -0.970. The van der Waals surface area contributed by atoms with E-state index in [4.69, 9.17) is 0 Å². The molecule has 0 radical (unpaired) electrons. The fourth-order valence-electron chi connectivity index (χ4n) is 4.79. The molecule has 0 bridgehead atoms. The standard InChI is InChI=1S/C26H35BrO2S/c1-4-5-11-24(29)26(2,3)19-14-12-18(13-15-19)25-21(22(27)17-23(25)28)10-6-8-20-9-7-16-30-20/h7,9,12-16,21-23,25,28H,4-6,8,10-11,17H2,1-3H3/t21?,22-,23-,25?/m1/s1. The average Bonchev–Trinajstić information content (AvgIpc) is 3.34. The first kappa shape index (κ1) is 23.7. The SMILES string of the molecule is CCCCC(=O)C(C)(C)c1ccc(C2C(CCCc3cccs3)[C@H](Br)C[C@H]2O)cc1. The fraction of sp³-hybridized carbons (Fsp3) is 0.577. The Morgan fingerprint density at radius 3 is 2.57 bits per heavy atom. The van der Waals surface area contributed by atoms with E-state index in [0.717, 1.165) is 44.1 Å². The van der Waals surface area contributed by atoms with Crippen molar-refractivity contribution in [2.45, 2.75) is 88.0 Å². The number of ketones is 1. The van der Waals surface area contributed by atoms with Crippen molar-refractivity contribution in [1.82, 2.24) is 0 Å². The first-order chi connectivity index (χ1) is 14.3. The van der Waals surface area contributed by atoms with E-state index in [9.17, 15) is 9.90 Å². The van der Waals surface area contributed by atoms with Crippen LogP contribution in [0.1, 0.15) is 81.2 Å². The fourth-order valence-corrected chi connectivity index (χ4v) is 6.52. The Balaban J connectivity index is 1.70. The van der Waals surface area contributed by atoms with Crippen LogP contribution in [-0.4, -0.2) is 21.8 Å². The summed E-state index contributed by atoms with van der Waals surface area (Å²) in [7, 11) is 0. The predicted molar refractivity (Wildman–Crippen MR) is 131 cm³/mol. The summed E-state index contributed by atoms with van der Waals surface area (Å²) in [5, 5.41) is 12.9. The van der Waals surface area contributed by atoms with Crippen molar-refractivity contribution in [2.24, 2.45) is 5.92 Å². The van der Waals surface area contributed by atoms with Crippen LogP contribution in [0.4, 0.5) is 0 Å². The van der Waals surface area contributed by atoms with Gasteiger partial charge in [-0.1, -0.05) is 59.6 Å². The number of halogens is 1. The van der Waals surface area contributed by atoms with Crippen LogP contribution in [0, 0.1) is 5.92 Å². The van der Waals surface area contributed by atoms with E-state index in [-0.39, 0.29) is 12.0 Å². The number of aliphatic hydroxyl groups is 1. The molecule has 1 fully saturated rings. The first-order valence-corrected chi connectivity index (χ1v) is 13.1. The van der Waals surface area contributed by atoms with Crippen LogP contribution in [0.15, 0.2) is 41.8 Å². The van der Waals surface area contributed by atoms with E-state index < -0.39 is 5.41 Å². The van der Waals surface area contributed by atoms with Gasteiger partial charge in [-0.25, -0.2) is 0 Å². The summed E-state index contributed by atoms with van der Waals surface area (Å²) in [4.78, 5) is 14.5. The van der Waals surface area contributed by atoms with Gasteiger partial charge in [-0.2, -0.15) is 0 Å². The lowest BCUT2D eigenvalue weighted by molar-refractivity contribution is -0.123. The summed E-state index contributed by atoms with van der Waals surface area (Å²) in [6.07, 6.45) is 6.50. The molecule has 3 rings (SSSR count). The van der Waals surface area contributed by atoms with Gasteiger partial charge in [0.05, 0.1) is 6.10 Å². The van der Waals surface area contributed by atoms with Crippen molar-refractivity contribution >= 4 is 33.0 Å². The van der Waals surface area contributed by atoms with Gasteiger partial charge in [0, 0.05) is 27.5 Å². The van der Waals surface area contributed by atoms with Gasteiger partial charge < -0.3 is 5.11 Å². The smallest absolute Gasteiger partial charge is 0.142 e. The van der Waals surface area contributed by atoms with Crippen molar-refractivity contribution in [3.8, 4) is 0 Å². The zero-order valence-corrected chi connectivity index (χ0v) is 20.8. The molecule has 30 heavy (non-hydrogen) atoms. The highest BCUT2D eigenvalue weighted by molar-refractivity contribution is 9.09. The van der Waals surface area contributed by atoms with Gasteiger partial charge in [0.25, 0.3) is 0 Å². The van der Waals surface area contributed by atoms with E-state index in [1.54, 1.807) is 0 Å². The third-order valence-electron chi connectivity index (χ3n) is 6.82. The summed E-state index contributed by atoms with van der Waals surface area (Å²) >= 11 is 5.68. The zero-order chi connectivity index (χ0) is 21.7. The third kappa shape index (κ3) is 5.44. The highest BCUT2D eigenvalue weighted by atomic mass is 79.9. The molecule has 1 aliphatic rings. The topological polar surface area (TPSA) is 37.3 Å². The van der Waals surface area contributed by atoms with Crippen LogP contribution in [0.5, 0.6) is 0 Å². The molecule has 0 amide bonds. The van der Waals surface area contributed by atoms with Crippen LogP contribution in [0.2, 0.25) is 0 Å². The lowest BCUT2D eigenvalue weighted by Crippen LogP contribution is -2.29. The summed E-state index contributed by atoms with van der Waals surface area (Å²) in [6, 6.07) is 12.8. The van der Waals surface area contributed by atoms with Gasteiger partial charge in [0.1, 0.15) is 5.78 Å². The third-order valence-corrected chi connectivity index (χ3v) is 8.81. The second-order valence-electron chi connectivity index (χ2n) is 9.25. The number of carbonyl (C=O) groups is 1. The van der Waals surface area contributed by atoms with Gasteiger partial charge in [-0.15, -0.1) is 11.3 Å². The molecule has 1 aliphatic carbocycles. The van der Waals surface area contributed by atoms with Gasteiger partial charge in [-0.05, 0) is 74.4 Å². The lowest BCUT2D eigenvalue weighted by atomic mass is 9.77. The minimum Gasteiger partial charge on any atom is -0.392 e. The van der Waals surface area contributed by atoms with Gasteiger partial charge in [0.2, 0.25) is 0 Å². The van der Waals surface area contributed by atoms with E-state index >= 15 is 0 Å². The molecule has 164 valence electrons. The number of aryl methyl sites for hydroxylation is 1.